The molecule has 0 aliphatic carbocycles. The van der Waals surface area contributed by atoms with E-state index in [4.69, 9.17) is 25.8 Å². The molecule has 7 nitrogen and oxygen atoms in total. The van der Waals surface area contributed by atoms with Crippen molar-refractivity contribution in [2.75, 3.05) is 25.3 Å². The first-order valence-corrected chi connectivity index (χ1v) is 7.67. The second kappa shape index (κ2) is 7.46. The van der Waals surface area contributed by atoms with Crippen molar-refractivity contribution >= 4 is 23.5 Å². The number of fused-ring (bicyclic) bond motifs is 1. The lowest BCUT2D eigenvalue weighted by molar-refractivity contribution is -0.143. The first-order chi connectivity index (χ1) is 11.6. The summed E-state index contributed by atoms with van der Waals surface area (Å²) < 4.78 is 16.0. The molecule has 1 aliphatic rings. The molecular formula is C16H16ClN3O4. The van der Waals surface area contributed by atoms with Gasteiger partial charge in [0.15, 0.2) is 6.79 Å². The molecule has 1 aromatic heterocycles. The van der Waals surface area contributed by atoms with Crippen LogP contribution in [0, 0.1) is 0 Å². The van der Waals surface area contributed by atoms with E-state index in [9.17, 15) is 4.79 Å². The van der Waals surface area contributed by atoms with Crippen LogP contribution in [-0.2, 0) is 27.5 Å². The molecule has 24 heavy (non-hydrogen) atoms. The van der Waals surface area contributed by atoms with Crippen molar-refractivity contribution in [3.05, 3.63) is 46.7 Å². The zero-order valence-corrected chi connectivity index (χ0v) is 13.8. The standard InChI is InChI=1S/C16H16ClN3O4/c1-20(16-18-3-2-4-19-16)7-14(21)23-9-12-6-13(17)5-11-8-22-10-24-15(11)12/h2-6H,7-10H2,1H3. The topological polar surface area (TPSA) is 73.8 Å². The highest BCUT2D eigenvalue weighted by atomic mass is 35.5. The van der Waals surface area contributed by atoms with Crippen LogP contribution in [0.5, 0.6) is 5.75 Å². The number of aromatic nitrogens is 2. The molecule has 0 N–H and O–H groups in total. The average Bonchev–Trinajstić information content (AvgIpc) is 2.60. The lowest BCUT2D eigenvalue weighted by Crippen LogP contribution is -2.28. The highest BCUT2D eigenvalue weighted by molar-refractivity contribution is 6.30. The number of benzene rings is 1. The highest BCUT2D eigenvalue weighted by Gasteiger charge is 2.18. The number of ether oxygens (including phenoxy) is 3. The van der Waals surface area contributed by atoms with Crippen LogP contribution in [0.15, 0.2) is 30.6 Å². The van der Waals surface area contributed by atoms with E-state index in [0.717, 1.165) is 5.56 Å². The van der Waals surface area contributed by atoms with E-state index in [1.165, 1.54) is 0 Å². The third-order valence-corrected chi connectivity index (χ3v) is 3.62. The van der Waals surface area contributed by atoms with Gasteiger partial charge in [-0.25, -0.2) is 9.97 Å². The lowest BCUT2D eigenvalue weighted by atomic mass is 10.1. The van der Waals surface area contributed by atoms with Gasteiger partial charge in [-0.15, -0.1) is 0 Å². The average molecular weight is 350 g/mol. The summed E-state index contributed by atoms with van der Waals surface area (Å²) in [5.74, 6) is 0.721. The summed E-state index contributed by atoms with van der Waals surface area (Å²) in [5, 5.41) is 0.545. The monoisotopic (exact) mass is 349 g/mol. The summed E-state index contributed by atoms with van der Waals surface area (Å²) in [6.07, 6.45) is 3.23. The van der Waals surface area contributed by atoms with Gasteiger partial charge in [0.25, 0.3) is 0 Å². The second-order valence-corrected chi connectivity index (χ2v) is 5.67. The van der Waals surface area contributed by atoms with Gasteiger partial charge >= 0.3 is 5.97 Å². The van der Waals surface area contributed by atoms with Crippen LogP contribution < -0.4 is 9.64 Å². The molecule has 0 atom stereocenters. The van der Waals surface area contributed by atoms with Crippen molar-refractivity contribution in [3.63, 3.8) is 0 Å². The summed E-state index contributed by atoms with van der Waals surface area (Å²) in [6.45, 7) is 0.705. The van der Waals surface area contributed by atoms with Gasteiger partial charge < -0.3 is 19.1 Å². The summed E-state index contributed by atoms with van der Waals surface area (Å²) in [4.78, 5) is 21.8. The molecule has 8 heteroatoms. The van der Waals surface area contributed by atoms with Gasteiger partial charge in [0, 0.05) is 35.6 Å². The Balaban J connectivity index is 1.61. The molecule has 2 aromatic rings. The largest absolute Gasteiger partial charge is 0.467 e. The predicted octanol–water partition coefficient (Wildman–Crippen LogP) is 2.18. The minimum absolute atomic E-state index is 0.0384. The Kier molecular flexibility index (Phi) is 5.12. The maximum atomic E-state index is 12.0. The Bertz CT molecular complexity index is 727. The van der Waals surface area contributed by atoms with Crippen LogP contribution in [0.25, 0.3) is 0 Å². The molecule has 0 fully saturated rings. The number of likely N-dealkylation sites (N-methyl/N-ethyl adjacent to an activating group) is 1. The van der Waals surface area contributed by atoms with E-state index in [0.29, 0.717) is 28.9 Å². The predicted molar refractivity (Wildman–Crippen MR) is 86.8 cm³/mol. The molecule has 0 unspecified atom stereocenters. The number of carbonyl (C=O) groups excluding carboxylic acids is 1. The molecule has 0 saturated carbocycles. The van der Waals surface area contributed by atoms with Crippen LogP contribution >= 0.6 is 11.6 Å². The van der Waals surface area contributed by atoms with Gasteiger partial charge in [0.05, 0.1) is 6.61 Å². The van der Waals surface area contributed by atoms with Crippen LogP contribution in [0.1, 0.15) is 11.1 Å². The van der Waals surface area contributed by atoms with E-state index in [1.54, 1.807) is 42.5 Å². The fourth-order valence-corrected chi connectivity index (χ4v) is 2.58. The third kappa shape index (κ3) is 3.93. The second-order valence-electron chi connectivity index (χ2n) is 5.23. The maximum Gasteiger partial charge on any atom is 0.325 e. The molecule has 0 spiro atoms. The molecule has 2 heterocycles. The first-order valence-electron chi connectivity index (χ1n) is 7.29. The summed E-state index contributed by atoms with van der Waals surface area (Å²) in [7, 11) is 1.72. The molecular weight excluding hydrogens is 334 g/mol. The molecule has 126 valence electrons. The molecule has 3 rings (SSSR count). The van der Waals surface area contributed by atoms with Crippen molar-refractivity contribution in [3.8, 4) is 5.75 Å². The number of rotatable bonds is 5. The van der Waals surface area contributed by atoms with Crippen LogP contribution in [0.3, 0.4) is 0 Å². The number of hydrogen-bond acceptors (Lipinski definition) is 7. The highest BCUT2D eigenvalue weighted by Crippen LogP contribution is 2.32. The van der Waals surface area contributed by atoms with E-state index in [2.05, 4.69) is 9.97 Å². The fourth-order valence-electron chi connectivity index (χ4n) is 2.32. The smallest absolute Gasteiger partial charge is 0.325 e. The lowest BCUT2D eigenvalue weighted by Gasteiger charge is -2.21. The van der Waals surface area contributed by atoms with Gasteiger partial charge in [-0.1, -0.05) is 11.6 Å². The molecule has 0 saturated heterocycles. The zero-order valence-electron chi connectivity index (χ0n) is 13.1. The zero-order chi connectivity index (χ0) is 16.9. The van der Waals surface area contributed by atoms with Crippen molar-refractivity contribution in [1.82, 2.24) is 9.97 Å². The normalized spacial score (nSPS) is 12.9. The van der Waals surface area contributed by atoms with Crippen molar-refractivity contribution in [1.29, 1.82) is 0 Å². The number of halogens is 1. The molecule has 1 aromatic carbocycles. The Labute approximate surface area is 144 Å². The minimum atomic E-state index is -0.397. The van der Waals surface area contributed by atoms with Crippen LogP contribution in [0.2, 0.25) is 5.02 Å². The van der Waals surface area contributed by atoms with Crippen molar-refractivity contribution in [2.45, 2.75) is 13.2 Å². The molecule has 1 aliphatic heterocycles. The Hall–Kier alpha value is -2.38. The van der Waals surface area contributed by atoms with Crippen LogP contribution in [-0.4, -0.2) is 36.3 Å². The van der Waals surface area contributed by atoms with Crippen LogP contribution in [0.4, 0.5) is 5.95 Å². The Morgan fingerprint density at radius 2 is 2.17 bits per heavy atom. The quantitative estimate of drug-likeness (QED) is 0.766. The number of nitrogens with zero attached hydrogens (tertiary/aromatic N) is 3. The third-order valence-electron chi connectivity index (χ3n) is 3.40. The number of esters is 1. The van der Waals surface area contributed by atoms with Crippen molar-refractivity contribution < 1.29 is 19.0 Å². The fraction of sp³-hybridized carbons (Fsp3) is 0.312. The Morgan fingerprint density at radius 1 is 1.38 bits per heavy atom. The van der Waals surface area contributed by atoms with E-state index >= 15 is 0 Å². The van der Waals surface area contributed by atoms with E-state index in [1.807, 2.05) is 0 Å². The van der Waals surface area contributed by atoms with Gasteiger partial charge in [0.2, 0.25) is 5.95 Å². The van der Waals surface area contributed by atoms with E-state index in [-0.39, 0.29) is 19.9 Å². The number of hydrogen-bond donors (Lipinski definition) is 0. The number of carbonyl (C=O) groups is 1. The first kappa shape index (κ1) is 16.5. The van der Waals surface area contributed by atoms with Gasteiger partial charge in [-0.2, -0.15) is 0 Å². The summed E-state index contributed by atoms with van der Waals surface area (Å²) >= 11 is 6.09. The molecule has 0 radical (unpaired) electrons. The van der Waals surface area contributed by atoms with Gasteiger partial charge in [0.1, 0.15) is 18.9 Å². The number of anilines is 1. The molecule has 0 bridgehead atoms. The molecule has 0 amide bonds. The Morgan fingerprint density at radius 3 is 2.96 bits per heavy atom. The summed E-state index contributed by atoms with van der Waals surface area (Å²) in [5.41, 5.74) is 1.56. The minimum Gasteiger partial charge on any atom is -0.467 e. The van der Waals surface area contributed by atoms with Gasteiger partial charge in [-0.3, -0.25) is 4.79 Å². The SMILES string of the molecule is CN(CC(=O)OCc1cc(Cl)cc2c1OCOC2)c1ncccn1. The maximum absolute atomic E-state index is 12.0. The van der Waals surface area contributed by atoms with Gasteiger partial charge in [-0.05, 0) is 18.2 Å². The van der Waals surface area contributed by atoms with Crippen molar-refractivity contribution in [2.24, 2.45) is 0 Å². The van der Waals surface area contributed by atoms with E-state index < -0.39 is 5.97 Å². The summed E-state index contributed by atoms with van der Waals surface area (Å²) in [6, 6.07) is 5.21.